The summed E-state index contributed by atoms with van der Waals surface area (Å²) in [7, 11) is 3.74. The number of hydrogen-bond donors (Lipinski definition) is 1. The van der Waals surface area contributed by atoms with E-state index < -0.39 is 0 Å². The van der Waals surface area contributed by atoms with Gasteiger partial charge in [0.25, 0.3) is 0 Å². The van der Waals surface area contributed by atoms with E-state index >= 15 is 0 Å². The fourth-order valence-corrected chi connectivity index (χ4v) is 2.93. The van der Waals surface area contributed by atoms with Gasteiger partial charge in [-0.2, -0.15) is 4.98 Å². The third-order valence-corrected chi connectivity index (χ3v) is 4.55. The number of anilines is 2. The highest BCUT2D eigenvalue weighted by Crippen LogP contribution is 2.16. The number of rotatable bonds is 9. The van der Waals surface area contributed by atoms with Crippen LogP contribution in [0.15, 0.2) is 54.9 Å². The molecule has 2 heterocycles. The lowest BCUT2D eigenvalue weighted by molar-refractivity contribution is 0.414. The molecule has 6 heteroatoms. The molecule has 0 radical (unpaired) electrons. The topological polar surface area (TPSA) is 63.2 Å². The van der Waals surface area contributed by atoms with Crippen molar-refractivity contribution in [2.24, 2.45) is 0 Å². The minimum atomic E-state index is 0.661. The Hall–Kier alpha value is -3.15. The van der Waals surface area contributed by atoms with Gasteiger partial charge in [-0.15, -0.1) is 0 Å². The molecule has 1 N–H and O–H groups in total. The van der Waals surface area contributed by atoms with Crippen molar-refractivity contribution in [1.82, 2.24) is 15.0 Å². The molecule has 0 fully saturated rings. The summed E-state index contributed by atoms with van der Waals surface area (Å²) in [5.74, 6) is 2.46. The molecule has 0 aliphatic rings. The summed E-state index contributed by atoms with van der Waals surface area (Å²) in [6.07, 6.45) is 5.48. The fraction of sp³-hybridized carbons (Fsp3) is 0.318. The zero-order valence-corrected chi connectivity index (χ0v) is 16.7. The molecule has 0 spiro atoms. The third kappa shape index (κ3) is 5.67. The van der Waals surface area contributed by atoms with Crippen LogP contribution in [0, 0.1) is 6.92 Å². The van der Waals surface area contributed by atoms with E-state index in [1.54, 1.807) is 7.11 Å². The summed E-state index contributed by atoms with van der Waals surface area (Å²) in [6.45, 7) is 3.63. The highest BCUT2D eigenvalue weighted by molar-refractivity contribution is 5.44. The summed E-state index contributed by atoms with van der Waals surface area (Å²) < 4.78 is 5.28. The van der Waals surface area contributed by atoms with Gasteiger partial charge in [0, 0.05) is 44.3 Å². The average molecular weight is 377 g/mol. The van der Waals surface area contributed by atoms with Crippen LogP contribution < -0.4 is 15.0 Å². The van der Waals surface area contributed by atoms with Gasteiger partial charge in [0.15, 0.2) is 0 Å². The van der Waals surface area contributed by atoms with Crippen LogP contribution in [0.5, 0.6) is 5.75 Å². The molecule has 146 valence electrons. The van der Waals surface area contributed by atoms with Crippen molar-refractivity contribution in [2.75, 3.05) is 37.5 Å². The molecule has 0 aliphatic carbocycles. The highest BCUT2D eigenvalue weighted by Gasteiger charge is 2.07. The van der Waals surface area contributed by atoms with Crippen molar-refractivity contribution in [1.29, 1.82) is 0 Å². The van der Waals surface area contributed by atoms with Gasteiger partial charge in [0.05, 0.1) is 7.11 Å². The minimum absolute atomic E-state index is 0.661. The van der Waals surface area contributed by atoms with E-state index in [0.29, 0.717) is 5.95 Å². The van der Waals surface area contributed by atoms with Crippen LogP contribution in [0.25, 0.3) is 0 Å². The molecule has 0 bridgehead atoms. The molecule has 0 aliphatic heterocycles. The van der Waals surface area contributed by atoms with E-state index in [2.05, 4.69) is 44.3 Å². The van der Waals surface area contributed by atoms with E-state index in [4.69, 9.17) is 4.74 Å². The molecule has 2 aromatic heterocycles. The lowest BCUT2D eigenvalue weighted by Crippen LogP contribution is -2.22. The number of benzene rings is 1. The van der Waals surface area contributed by atoms with Gasteiger partial charge in [0.2, 0.25) is 5.95 Å². The summed E-state index contributed by atoms with van der Waals surface area (Å²) in [5.41, 5.74) is 3.43. The average Bonchev–Trinajstić information content (AvgIpc) is 2.72. The molecule has 6 nitrogen and oxygen atoms in total. The van der Waals surface area contributed by atoms with Gasteiger partial charge < -0.3 is 15.0 Å². The number of pyridine rings is 1. The molecule has 3 aromatic rings. The Morgan fingerprint density at radius 2 is 1.82 bits per heavy atom. The second-order valence-electron chi connectivity index (χ2n) is 6.75. The van der Waals surface area contributed by atoms with Crippen molar-refractivity contribution in [3.05, 3.63) is 71.7 Å². The molecular weight excluding hydrogens is 350 g/mol. The van der Waals surface area contributed by atoms with Crippen LogP contribution >= 0.6 is 0 Å². The SMILES string of the molecule is COc1cccc(CCNc2nc(C)cc(N(C)CCc3ccncc3)n2)c1. The van der Waals surface area contributed by atoms with Gasteiger partial charge in [-0.1, -0.05) is 12.1 Å². The maximum Gasteiger partial charge on any atom is 0.224 e. The number of nitrogens with zero attached hydrogens (tertiary/aromatic N) is 4. The molecule has 0 amide bonds. The van der Waals surface area contributed by atoms with Crippen molar-refractivity contribution in [3.8, 4) is 5.75 Å². The molecule has 28 heavy (non-hydrogen) atoms. The van der Waals surface area contributed by atoms with E-state index in [-0.39, 0.29) is 0 Å². The lowest BCUT2D eigenvalue weighted by Gasteiger charge is -2.19. The monoisotopic (exact) mass is 377 g/mol. The molecular formula is C22H27N5O. The normalized spacial score (nSPS) is 10.5. The summed E-state index contributed by atoms with van der Waals surface area (Å²) >= 11 is 0. The number of methoxy groups -OCH3 is 1. The first-order valence-electron chi connectivity index (χ1n) is 9.46. The van der Waals surface area contributed by atoms with Crippen molar-refractivity contribution < 1.29 is 4.74 Å². The number of nitrogens with one attached hydrogen (secondary N) is 1. The van der Waals surface area contributed by atoms with E-state index in [1.807, 2.05) is 49.6 Å². The van der Waals surface area contributed by atoms with Crippen LogP contribution in [0.3, 0.4) is 0 Å². The van der Waals surface area contributed by atoms with Crippen molar-refractivity contribution >= 4 is 11.8 Å². The first-order valence-corrected chi connectivity index (χ1v) is 9.46. The molecule has 1 aromatic carbocycles. The van der Waals surface area contributed by atoms with Crippen LogP contribution in [0.2, 0.25) is 0 Å². The van der Waals surface area contributed by atoms with Crippen LogP contribution in [-0.4, -0.2) is 42.2 Å². The number of likely N-dealkylation sites (N-methyl/N-ethyl adjacent to an activating group) is 1. The second kappa shape index (κ2) is 9.69. The number of aromatic nitrogens is 3. The Balaban J connectivity index is 1.57. The second-order valence-corrected chi connectivity index (χ2v) is 6.75. The lowest BCUT2D eigenvalue weighted by atomic mass is 10.1. The van der Waals surface area contributed by atoms with Gasteiger partial charge in [-0.05, 0) is 55.2 Å². The highest BCUT2D eigenvalue weighted by atomic mass is 16.5. The molecule has 0 unspecified atom stereocenters. The number of ether oxygens (including phenoxy) is 1. The van der Waals surface area contributed by atoms with Crippen LogP contribution in [0.1, 0.15) is 16.8 Å². The molecule has 3 rings (SSSR count). The molecule has 0 saturated carbocycles. The fourth-order valence-electron chi connectivity index (χ4n) is 2.93. The first-order chi connectivity index (χ1) is 13.6. The summed E-state index contributed by atoms with van der Waals surface area (Å²) in [6, 6.07) is 14.2. The quantitative estimate of drug-likeness (QED) is 0.616. The summed E-state index contributed by atoms with van der Waals surface area (Å²) in [4.78, 5) is 15.4. The van der Waals surface area contributed by atoms with Crippen molar-refractivity contribution in [2.45, 2.75) is 19.8 Å². The van der Waals surface area contributed by atoms with Gasteiger partial charge in [0.1, 0.15) is 11.6 Å². The Bertz CT molecular complexity index is 885. The zero-order chi connectivity index (χ0) is 19.8. The smallest absolute Gasteiger partial charge is 0.224 e. The van der Waals surface area contributed by atoms with Crippen LogP contribution in [-0.2, 0) is 12.8 Å². The van der Waals surface area contributed by atoms with Crippen molar-refractivity contribution in [3.63, 3.8) is 0 Å². The predicted octanol–water partition coefficient (Wildman–Crippen LogP) is 3.52. The number of hydrogen-bond acceptors (Lipinski definition) is 6. The largest absolute Gasteiger partial charge is 0.497 e. The van der Waals surface area contributed by atoms with E-state index in [1.165, 1.54) is 11.1 Å². The molecule has 0 atom stereocenters. The number of aryl methyl sites for hydroxylation is 1. The van der Waals surface area contributed by atoms with Gasteiger partial charge >= 0.3 is 0 Å². The predicted molar refractivity (Wildman–Crippen MR) is 113 cm³/mol. The molecule has 0 saturated heterocycles. The third-order valence-electron chi connectivity index (χ3n) is 4.55. The maximum absolute atomic E-state index is 5.28. The van der Waals surface area contributed by atoms with E-state index in [0.717, 1.165) is 43.2 Å². The van der Waals surface area contributed by atoms with E-state index in [9.17, 15) is 0 Å². The standard InChI is InChI=1S/C22H27N5O/c1-17-15-21(27(2)14-10-18-7-11-23-12-8-18)26-22(25-17)24-13-9-19-5-4-6-20(16-19)28-3/h4-8,11-12,15-16H,9-10,13-14H2,1-3H3,(H,24,25,26). The Morgan fingerprint density at radius 3 is 2.61 bits per heavy atom. The Labute approximate surface area is 166 Å². The van der Waals surface area contributed by atoms with Gasteiger partial charge in [-0.25, -0.2) is 4.98 Å². The Morgan fingerprint density at radius 1 is 1.00 bits per heavy atom. The summed E-state index contributed by atoms with van der Waals surface area (Å²) in [5, 5.41) is 3.34. The van der Waals surface area contributed by atoms with Gasteiger partial charge in [-0.3, -0.25) is 4.98 Å². The Kier molecular flexibility index (Phi) is 6.78. The van der Waals surface area contributed by atoms with Crippen LogP contribution in [0.4, 0.5) is 11.8 Å². The minimum Gasteiger partial charge on any atom is -0.497 e. The maximum atomic E-state index is 5.28. The zero-order valence-electron chi connectivity index (χ0n) is 16.7. The first kappa shape index (κ1) is 19.6.